The SMILES string of the molecule is NC(=NO)c1ccc(Sc2ccc(F)c(F)c2)c(Cl)c1. The average molecular weight is 315 g/mol. The maximum atomic E-state index is 13.1. The summed E-state index contributed by atoms with van der Waals surface area (Å²) in [5.41, 5.74) is 5.91. The maximum absolute atomic E-state index is 13.1. The van der Waals surface area contributed by atoms with Gasteiger partial charge in [-0.2, -0.15) is 0 Å². The fourth-order valence-electron chi connectivity index (χ4n) is 1.47. The molecule has 0 heterocycles. The quantitative estimate of drug-likeness (QED) is 0.391. The first kappa shape index (κ1) is 14.6. The van der Waals surface area contributed by atoms with E-state index in [2.05, 4.69) is 5.16 Å². The van der Waals surface area contributed by atoms with E-state index in [4.69, 9.17) is 22.5 Å². The molecular formula is C13H9ClF2N2OS. The average Bonchev–Trinajstić information content (AvgIpc) is 2.44. The number of halogens is 3. The lowest BCUT2D eigenvalue weighted by molar-refractivity contribution is 0.318. The summed E-state index contributed by atoms with van der Waals surface area (Å²) in [4.78, 5) is 1.16. The van der Waals surface area contributed by atoms with Gasteiger partial charge in [-0.3, -0.25) is 0 Å². The molecule has 0 saturated carbocycles. The predicted molar refractivity (Wildman–Crippen MR) is 74.4 cm³/mol. The van der Waals surface area contributed by atoms with Gasteiger partial charge in [-0.25, -0.2) is 8.78 Å². The van der Waals surface area contributed by atoms with Crippen molar-refractivity contribution in [3.05, 3.63) is 58.6 Å². The van der Waals surface area contributed by atoms with Gasteiger partial charge in [0.1, 0.15) is 0 Å². The van der Waals surface area contributed by atoms with Crippen molar-refractivity contribution in [3.8, 4) is 0 Å². The van der Waals surface area contributed by atoms with Crippen molar-refractivity contribution < 1.29 is 14.0 Å². The van der Waals surface area contributed by atoms with Crippen molar-refractivity contribution >= 4 is 29.2 Å². The highest BCUT2D eigenvalue weighted by molar-refractivity contribution is 7.99. The molecule has 0 amide bonds. The highest BCUT2D eigenvalue weighted by Gasteiger charge is 2.08. The molecule has 0 aliphatic carbocycles. The Morgan fingerprint density at radius 3 is 2.50 bits per heavy atom. The third kappa shape index (κ3) is 3.20. The lowest BCUT2D eigenvalue weighted by Gasteiger charge is -2.06. The van der Waals surface area contributed by atoms with Gasteiger partial charge in [0.15, 0.2) is 17.5 Å². The normalized spacial score (nSPS) is 11.7. The van der Waals surface area contributed by atoms with Gasteiger partial charge in [-0.15, -0.1) is 0 Å². The van der Waals surface area contributed by atoms with Crippen LogP contribution in [0.15, 0.2) is 51.3 Å². The van der Waals surface area contributed by atoms with Crippen molar-refractivity contribution in [3.63, 3.8) is 0 Å². The van der Waals surface area contributed by atoms with Crippen LogP contribution in [-0.4, -0.2) is 11.0 Å². The standard InChI is InChI=1S/C13H9ClF2N2OS/c14-9-5-7(13(17)18-19)1-4-12(9)20-8-2-3-10(15)11(16)6-8/h1-6,19H,(H2,17,18). The van der Waals surface area contributed by atoms with E-state index in [1.54, 1.807) is 12.1 Å². The smallest absolute Gasteiger partial charge is 0.170 e. The molecule has 0 spiro atoms. The molecular weight excluding hydrogens is 306 g/mol. The van der Waals surface area contributed by atoms with Crippen LogP contribution in [0.1, 0.15) is 5.56 Å². The van der Waals surface area contributed by atoms with Gasteiger partial charge in [0.25, 0.3) is 0 Å². The van der Waals surface area contributed by atoms with E-state index < -0.39 is 11.6 Å². The second kappa shape index (κ2) is 6.11. The van der Waals surface area contributed by atoms with Crippen LogP contribution in [0.3, 0.4) is 0 Å². The van der Waals surface area contributed by atoms with E-state index in [0.29, 0.717) is 20.4 Å². The lowest BCUT2D eigenvalue weighted by atomic mass is 10.2. The van der Waals surface area contributed by atoms with Gasteiger partial charge in [-0.1, -0.05) is 28.5 Å². The van der Waals surface area contributed by atoms with E-state index in [1.165, 1.54) is 23.9 Å². The Labute approximate surface area is 123 Å². The molecule has 2 aromatic carbocycles. The number of oxime groups is 1. The van der Waals surface area contributed by atoms with E-state index in [0.717, 1.165) is 12.1 Å². The van der Waals surface area contributed by atoms with Gasteiger partial charge in [-0.05, 0) is 36.4 Å². The first-order valence-corrected chi connectivity index (χ1v) is 6.61. The molecule has 0 unspecified atom stereocenters. The van der Waals surface area contributed by atoms with E-state index in [-0.39, 0.29) is 5.84 Å². The number of hydrogen-bond acceptors (Lipinski definition) is 3. The molecule has 104 valence electrons. The van der Waals surface area contributed by atoms with Crippen molar-refractivity contribution in [1.29, 1.82) is 0 Å². The van der Waals surface area contributed by atoms with Gasteiger partial charge >= 0.3 is 0 Å². The molecule has 20 heavy (non-hydrogen) atoms. The molecule has 0 bridgehead atoms. The van der Waals surface area contributed by atoms with Crippen LogP contribution in [0.4, 0.5) is 8.78 Å². The van der Waals surface area contributed by atoms with E-state index in [9.17, 15) is 8.78 Å². The summed E-state index contributed by atoms with van der Waals surface area (Å²) in [6.45, 7) is 0. The molecule has 7 heteroatoms. The molecule has 0 aromatic heterocycles. The zero-order chi connectivity index (χ0) is 14.7. The second-order valence-corrected chi connectivity index (χ2v) is 5.33. The maximum Gasteiger partial charge on any atom is 0.170 e. The van der Waals surface area contributed by atoms with Crippen LogP contribution in [0.25, 0.3) is 0 Å². The summed E-state index contributed by atoms with van der Waals surface area (Å²) in [6.07, 6.45) is 0. The van der Waals surface area contributed by atoms with Crippen LogP contribution in [-0.2, 0) is 0 Å². The number of hydrogen-bond donors (Lipinski definition) is 2. The lowest BCUT2D eigenvalue weighted by Crippen LogP contribution is -2.12. The Morgan fingerprint density at radius 1 is 1.15 bits per heavy atom. The minimum Gasteiger partial charge on any atom is -0.409 e. The van der Waals surface area contributed by atoms with Crippen LogP contribution in [0.5, 0.6) is 0 Å². The molecule has 0 aliphatic heterocycles. The van der Waals surface area contributed by atoms with Crippen LogP contribution in [0, 0.1) is 11.6 Å². The Morgan fingerprint density at radius 2 is 1.90 bits per heavy atom. The Hall–Kier alpha value is -1.79. The Balaban J connectivity index is 2.28. The van der Waals surface area contributed by atoms with E-state index >= 15 is 0 Å². The Bertz CT molecular complexity index is 679. The van der Waals surface area contributed by atoms with Crippen molar-refractivity contribution in [2.75, 3.05) is 0 Å². The summed E-state index contributed by atoms with van der Waals surface area (Å²) < 4.78 is 26.0. The van der Waals surface area contributed by atoms with Gasteiger partial charge in [0.05, 0.1) is 5.02 Å². The minimum atomic E-state index is -0.917. The highest BCUT2D eigenvalue weighted by atomic mass is 35.5. The predicted octanol–water partition coefficient (Wildman–Crippen LogP) is 3.86. The Kier molecular flexibility index (Phi) is 4.46. The van der Waals surface area contributed by atoms with Gasteiger partial charge in [0, 0.05) is 15.4 Å². The zero-order valence-electron chi connectivity index (χ0n) is 9.98. The van der Waals surface area contributed by atoms with Crippen molar-refractivity contribution in [2.24, 2.45) is 10.9 Å². The third-order valence-electron chi connectivity index (χ3n) is 2.45. The number of nitrogens with zero attached hydrogens (tertiary/aromatic N) is 1. The number of amidine groups is 1. The highest BCUT2D eigenvalue weighted by Crippen LogP contribution is 2.34. The molecule has 2 rings (SSSR count). The molecule has 3 N–H and O–H groups in total. The largest absolute Gasteiger partial charge is 0.409 e. The van der Waals surface area contributed by atoms with Crippen LogP contribution in [0.2, 0.25) is 5.02 Å². The summed E-state index contributed by atoms with van der Waals surface area (Å²) >= 11 is 7.25. The number of benzene rings is 2. The third-order valence-corrected chi connectivity index (χ3v) is 3.94. The second-order valence-electron chi connectivity index (χ2n) is 3.81. The molecule has 0 saturated heterocycles. The van der Waals surface area contributed by atoms with Crippen molar-refractivity contribution in [1.82, 2.24) is 0 Å². The number of rotatable bonds is 3. The summed E-state index contributed by atoms with van der Waals surface area (Å²) in [7, 11) is 0. The summed E-state index contributed by atoms with van der Waals surface area (Å²) in [5, 5.41) is 11.8. The van der Waals surface area contributed by atoms with Crippen molar-refractivity contribution in [2.45, 2.75) is 9.79 Å². The van der Waals surface area contributed by atoms with Gasteiger partial charge in [0.2, 0.25) is 0 Å². The molecule has 0 aliphatic rings. The zero-order valence-corrected chi connectivity index (χ0v) is 11.6. The molecule has 3 nitrogen and oxygen atoms in total. The number of nitrogens with two attached hydrogens (primary N) is 1. The summed E-state index contributed by atoms with van der Waals surface area (Å²) in [5.74, 6) is -1.88. The fourth-order valence-corrected chi connectivity index (χ4v) is 2.61. The monoisotopic (exact) mass is 314 g/mol. The first-order chi connectivity index (χ1) is 9.51. The van der Waals surface area contributed by atoms with Crippen LogP contribution >= 0.6 is 23.4 Å². The molecule has 2 aromatic rings. The van der Waals surface area contributed by atoms with Gasteiger partial charge < -0.3 is 10.9 Å². The molecule has 0 atom stereocenters. The summed E-state index contributed by atoms with van der Waals surface area (Å²) in [6, 6.07) is 8.39. The van der Waals surface area contributed by atoms with Crippen LogP contribution < -0.4 is 5.73 Å². The topological polar surface area (TPSA) is 58.6 Å². The fraction of sp³-hybridized carbons (Fsp3) is 0. The van der Waals surface area contributed by atoms with E-state index in [1.807, 2.05) is 0 Å². The first-order valence-electron chi connectivity index (χ1n) is 5.41. The minimum absolute atomic E-state index is 0.0590. The molecule has 0 fully saturated rings. The molecule has 0 radical (unpaired) electrons.